The molecule has 2 aromatic rings. The fourth-order valence-electron chi connectivity index (χ4n) is 3.93. The number of fused-ring (bicyclic) bond motifs is 6. The van der Waals surface area contributed by atoms with Crippen LogP contribution in [0.4, 0.5) is 0 Å². The zero-order valence-corrected chi connectivity index (χ0v) is 13.6. The van der Waals surface area contributed by atoms with E-state index in [1.54, 1.807) is 6.92 Å². The van der Waals surface area contributed by atoms with Crippen molar-refractivity contribution >= 4 is 11.6 Å². The Kier molecular flexibility index (Phi) is 2.69. The SMILES string of the molecule is CC(=O)N1[C@@H]2CC[C@@H]1c1cnc3cc(C(C)(C)C)nn3c1C2. The molecule has 0 aromatic carbocycles. The van der Waals surface area contributed by atoms with Gasteiger partial charge in [0.15, 0.2) is 5.65 Å². The summed E-state index contributed by atoms with van der Waals surface area (Å²) in [5.41, 5.74) is 4.42. The highest BCUT2D eigenvalue weighted by molar-refractivity contribution is 5.75. The lowest BCUT2D eigenvalue weighted by atomic mass is 9.93. The van der Waals surface area contributed by atoms with Gasteiger partial charge in [0.05, 0.1) is 17.4 Å². The van der Waals surface area contributed by atoms with E-state index >= 15 is 0 Å². The largest absolute Gasteiger partial charge is 0.332 e. The number of carbonyl (C=O) groups excluding carboxylic acids is 1. The van der Waals surface area contributed by atoms with Crippen LogP contribution in [0.25, 0.3) is 5.65 Å². The lowest BCUT2D eigenvalue weighted by molar-refractivity contribution is -0.132. The first-order valence-corrected chi connectivity index (χ1v) is 8.03. The molecule has 1 fully saturated rings. The summed E-state index contributed by atoms with van der Waals surface area (Å²) in [7, 11) is 0. The Bertz CT molecular complexity index is 771. The molecular formula is C17H22N4O. The third-order valence-electron chi connectivity index (χ3n) is 5.04. The van der Waals surface area contributed by atoms with E-state index in [0.717, 1.165) is 30.6 Å². The number of hydrogen-bond acceptors (Lipinski definition) is 3. The van der Waals surface area contributed by atoms with Crippen LogP contribution in [0.15, 0.2) is 12.3 Å². The maximum atomic E-state index is 12.0. The Hall–Kier alpha value is -1.91. The average molecular weight is 298 g/mol. The fourth-order valence-corrected chi connectivity index (χ4v) is 3.93. The van der Waals surface area contributed by atoms with Gasteiger partial charge >= 0.3 is 0 Å². The van der Waals surface area contributed by atoms with E-state index in [4.69, 9.17) is 5.10 Å². The van der Waals surface area contributed by atoms with E-state index in [-0.39, 0.29) is 17.4 Å². The van der Waals surface area contributed by atoms with Crippen LogP contribution in [0.1, 0.15) is 63.5 Å². The van der Waals surface area contributed by atoms with Gasteiger partial charge in [0, 0.05) is 42.6 Å². The highest BCUT2D eigenvalue weighted by atomic mass is 16.2. The first-order valence-electron chi connectivity index (χ1n) is 8.03. The second kappa shape index (κ2) is 4.31. The van der Waals surface area contributed by atoms with Crippen molar-refractivity contribution in [3.8, 4) is 0 Å². The first-order chi connectivity index (χ1) is 10.4. The van der Waals surface area contributed by atoms with E-state index < -0.39 is 0 Å². The van der Waals surface area contributed by atoms with E-state index in [2.05, 4.69) is 31.8 Å². The van der Waals surface area contributed by atoms with Crippen LogP contribution < -0.4 is 0 Å². The van der Waals surface area contributed by atoms with E-state index in [0.29, 0.717) is 6.04 Å². The van der Waals surface area contributed by atoms with Crippen molar-refractivity contribution in [2.75, 3.05) is 0 Å². The topological polar surface area (TPSA) is 50.5 Å². The molecule has 0 spiro atoms. The second-order valence-electron chi connectivity index (χ2n) is 7.59. The molecule has 2 aliphatic heterocycles. The minimum Gasteiger partial charge on any atom is -0.332 e. The van der Waals surface area contributed by atoms with Gasteiger partial charge in [-0.15, -0.1) is 0 Å². The summed E-state index contributed by atoms with van der Waals surface area (Å²) in [6.45, 7) is 8.18. The third kappa shape index (κ3) is 1.81. The number of hydrogen-bond donors (Lipinski definition) is 0. The molecule has 4 rings (SSSR count). The van der Waals surface area contributed by atoms with Gasteiger partial charge in [-0.05, 0) is 12.8 Å². The normalized spacial score (nSPS) is 23.9. The molecule has 5 nitrogen and oxygen atoms in total. The van der Waals surface area contributed by atoms with Gasteiger partial charge in [-0.2, -0.15) is 5.10 Å². The Labute approximate surface area is 130 Å². The molecule has 22 heavy (non-hydrogen) atoms. The van der Waals surface area contributed by atoms with Crippen LogP contribution >= 0.6 is 0 Å². The Morgan fingerprint density at radius 3 is 2.77 bits per heavy atom. The lowest BCUT2D eigenvalue weighted by Crippen LogP contribution is -2.41. The summed E-state index contributed by atoms with van der Waals surface area (Å²) in [5.74, 6) is 0.175. The maximum absolute atomic E-state index is 12.0. The molecule has 2 aromatic heterocycles. The number of rotatable bonds is 0. The van der Waals surface area contributed by atoms with Crippen molar-refractivity contribution in [2.45, 2.75) is 64.5 Å². The smallest absolute Gasteiger partial charge is 0.220 e. The molecule has 0 N–H and O–H groups in total. The summed E-state index contributed by atoms with van der Waals surface area (Å²) in [5, 5.41) is 4.81. The van der Waals surface area contributed by atoms with Gasteiger partial charge in [0.1, 0.15) is 0 Å². The molecule has 4 heterocycles. The van der Waals surface area contributed by atoms with E-state index in [1.165, 1.54) is 11.3 Å². The van der Waals surface area contributed by atoms with Crippen molar-refractivity contribution in [1.82, 2.24) is 19.5 Å². The van der Waals surface area contributed by atoms with Crippen LogP contribution in [0.3, 0.4) is 0 Å². The van der Waals surface area contributed by atoms with Crippen molar-refractivity contribution < 1.29 is 4.79 Å². The summed E-state index contributed by atoms with van der Waals surface area (Å²) in [4.78, 5) is 18.6. The molecule has 5 heteroatoms. The zero-order valence-electron chi connectivity index (χ0n) is 13.6. The maximum Gasteiger partial charge on any atom is 0.220 e. The van der Waals surface area contributed by atoms with Crippen molar-refractivity contribution in [3.63, 3.8) is 0 Å². The molecule has 2 bridgehead atoms. The molecule has 0 radical (unpaired) electrons. The van der Waals surface area contributed by atoms with Crippen LogP contribution in [-0.2, 0) is 16.6 Å². The molecule has 116 valence electrons. The van der Waals surface area contributed by atoms with Crippen LogP contribution in [0.2, 0.25) is 0 Å². The summed E-state index contributed by atoms with van der Waals surface area (Å²) < 4.78 is 2.01. The standard InChI is InChI=1S/C17H22N4O/c1-10(22)20-11-5-6-13(20)12-9-18-16-8-15(17(2,3)4)19-21(16)14(12)7-11/h8-9,11,13H,5-7H2,1-4H3/t11-,13-/m1/s1. The van der Waals surface area contributed by atoms with Crippen molar-refractivity contribution in [1.29, 1.82) is 0 Å². The third-order valence-corrected chi connectivity index (χ3v) is 5.04. The van der Waals surface area contributed by atoms with Crippen molar-refractivity contribution in [2.24, 2.45) is 0 Å². The summed E-state index contributed by atoms with van der Waals surface area (Å²) >= 11 is 0. The minimum absolute atomic E-state index is 0.0135. The highest BCUT2D eigenvalue weighted by Crippen LogP contribution is 2.43. The molecule has 2 atom stereocenters. The lowest BCUT2D eigenvalue weighted by Gasteiger charge is -2.35. The van der Waals surface area contributed by atoms with Gasteiger partial charge in [-0.3, -0.25) is 4.79 Å². The molecule has 0 aliphatic carbocycles. The fraction of sp³-hybridized carbons (Fsp3) is 0.588. The number of nitrogens with zero attached hydrogens (tertiary/aromatic N) is 4. The average Bonchev–Trinajstić information content (AvgIpc) is 2.99. The van der Waals surface area contributed by atoms with E-state index in [9.17, 15) is 4.79 Å². The molecule has 1 amide bonds. The zero-order chi connectivity index (χ0) is 15.6. The predicted molar refractivity (Wildman–Crippen MR) is 83.7 cm³/mol. The summed E-state index contributed by atoms with van der Waals surface area (Å²) in [6.07, 6.45) is 4.96. The molecular weight excluding hydrogens is 276 g/mol. The molecule has 0 saturated carbocycles. The number of amides is 1. The monoisotopic (exact) mass is 298 g/mol. The van der Waals surface area contributed by atoms with Gasteiger partial charge in [0.2, 0.25) is 5.91 Å². The Morgan fingerprint density at radius 2 is 2.09 bits per heavy atom. The quantitative estimate of drug-likeness (QED) is 0.751. The van der Waals surface area contributed by atoms with E-state index in [1.807, 2.05) is 15.6 Å². The van der Waals surface area contributed by atoms with Crippen LogP contribution in [0, 0.1) is 0 Å². The van der Waals surface area contributed by atoms with Crippen LogP contribution in [-0.4, -0.2) is 31.4 Å². The number of aromatic nitrogens is 3. The first kappa shape index (κ1) is 13.7. The van der Waals surface area contributed by atoms with Gasteiger partial charge in [0.25, 0.3) is 0 Å². The van der Waals surface area contributed by atoms with Crippen LogP contribution in [0.5, 0.6) is 0 Å². The number of carbonyl (C=O) groups is 1. The minimum atomic E-state index is 0.0135. The summed E-state index contributed by atoms with van der Waals surface area (Å²) in [6, 6.07) is 2.59. The highest BCUT2D eigenvalue weighted by Gasteiger charge is 2.42. The second-order valence-corrected chi connectivity index (χ2v) is 7.59. The molecule has 0 unspecified atom stereocenters. The Balaban J connectivity index is 1.89. The molecule has 2 aliphatic rings. The van der Waals surface area contributed by atoms with Gasteiger partial charge < -0.3 is 4.90 Å². The predicted octanol–water partition coefficient (Wildman–Crippen LogP) is 2.63. The van der Waals surface area contributed by atoms with Crippen molar-refractivity contribution in [3.05, 3.63) is 29.2 Å². The van der Waals surface area contributed by atoms with Gasteiger partial charge in [-0.1, -0.05) is 20.8 Å². The molecule has 1 saturated heterocycles. The Morgan fingerprint density at radius 1 is 1.32 bits per heavy atom. The van der Waals surface area contributed by atoms with Gasteiger partial charge in [-0.25, -0.2) is 9.50 Å².